The molecular formula is C22H40O4. The first-order valence-corrected chi connectivity index (χ1v) is 10.7. The molecule has 0 atom stereocenters. The fraction of sp³-hybridized carbons (Fsp3) is 0.818. The average molecular weight is 369 g/mol. The second kappa shape index (κ2) is 20.0. The molecule has 0 spiro atoms. The minimum Gasteiger partial charge on any atom is -0.481 e. The van der Waals surface area contributed by atoms with E-state index in [1.165, 1.54) is 64.2 Å². The summed E-state index contributed by atoms with van der Waals surface area (Å²) in [5, 5.41) is 8.49. The number of esters is 1. The Hall–Kier alpha value is -1.32. The van der Waals surface area contributed by atoms with Gasteiger partial charge in [-0.25, -0.2) is 0 Å². The van der Waals surface area contributed by atoms with Crippen LogP contribution in [0.5, 0.6) is 0 Å². The van der Waals surface area contributed by atoms with Crippen LogP contribution in [0.3, 0.4) is 0 Å². The van der Waals surface area contributed by atoms with Crippen LogP contribution in [-0.4, -0.2) is 23.7 Å². The Morgan fingerprint density at radius 1 is 0.731 bits per heavy atom. The number of rotatable bonds is 19. The maximum Gasteiger partial charge on any atom is 0.305 e. The highest BCUT2D eigenvalue weighted by molar-refractivity contribution is 5.69. The van der Waals surface area contributed by atoms with E-state index in [9.17, 15) is 9.59 Å². The molecular weight excluding hydrogens is 328 g/mol. The summed E-state index contributed by atoms with van der Waals surface area (Å²) in [6.45, 7) is 2.47. The molecule has 0 heterocycles. The van der Waals surface area contributed by atoms with Crippen LogP contribution in [0.15, 0.2) is 12.2 Å². The first kappa shape index (κ1) is 24.7. The van der Waals surface area contributed by atoms with Gasteiger partial charge in [0.2, 0.25) is 0 Å². The molecule has 0 amide bonds. The quantitative estimate of drug-likeness (QED) is 0.162. The smallest absolute Gasteiger partial charge is 0.305 e. The number of allylic oxidation sites excluding steroid dienone is 2. The van der Waals surface area contributed by atoms with E-state index >= 15 is 0 Å². The monoisotopic (exact) mass is 368 g/mol. The second-order valence-electron chi connectivity index (χ2n) is 7.05. The van der Waals surface area contributed by atoms with Crippen LogP contribution in [0.25, 0.3) is 0 Å². The van der Waals surface area contributed by atoms with Gasteiger partial charge >= 0.3 is 11.9 Å². The number of hydrogen-bond acceptors (Lipinski definition) is 3. The molecule has 0 aliphatic carbocycles. The van der Waals surface area contributed by atoms with Crippen LogP contribution in [0.1, 0.15) is 110 Å². The van der Waals surface area contributed by atoms with Crippen molar-refractivity contribution in [1.82, 2.24) is 0 Å². The van der Waals surface area contributed by atoms with Crippen molar-refractivity contribution in [1.29, 1.82) is 0 Å². The van der Waals surface area contributed by atoms with Crippen LogP contribution < -0.4 is 0 Å². The number of carboxylic acids is 1. The number of hydrogen-bond donors (Lipinski definition) is 1. The lowest BCUT2D eigenvalue weighted by atomic mass is 10.1. The Morgan fingerprint density at radius 3 is 1.85 bits per heavy atom. The second-order valence-corrected chi connectivity index (χ2v) is 7.05. The zero-order valence-corrected chi connectivity index (χ0v) is 16.8. The Morgan fingerprint density at radius 2 is 1.27 bits per heavy atom. The van der Waals surface area contributed by atoms with Gasteiger partial charge in [-0.15, -0.1) is 0 Å². The van der Waals surface area contributed by atoms with E-state index in [0.29, 0.717) is 12.8 Å². The van der Waals surface area contributed by atoms with Crippen LogP contribution in [-0.2, 0) is 14.3 Å². The van der Waals surface area contributed by atoms with Gasteiger partial charge in [-0.2, -0.15) is 0 Å². The molecule has 0 saturated carbocycles. The molecule has 0 aromatic carbocycles. The number of unbranched alkanes of at least 4 members (excludes halogenated alkanes) is 11. The van der Waals surface area contributed by atoms with Crippen molar-refractivity contribution in [3.8, 4) is 0 Å². The summed E-state index contributed by atoms with van der Waals surface area (Å²) in [5.41, 5.74) is 0. The van der Waals surface area contributed by atoms with Gasteiger partial charge in [0.25, 0.3) is 0 Å². The molecule has 0 aromatic rings. The van der Waals surface area contributed by atoms with Crippen molar-refractivity contribution < 1.29 is 19.4 Å². The lowest BCUT2D eigenvalue weighted by Crippen LogP contribution is -2.07. The van der Waals surface area contributed by atoms with Crippen LogP contribution in [0.2, 0.25) is 0 Å². The number of carbonyl (C=O) groups is 2. The number of ether oxygens (including phenoxy) is 1. The molecule has 4 heteroatoms. The summed E-state index contributed by atoms with van der Waals surface area (Å²) in [5.74, 6) is -1.05. The van der Waals surface area contributed by atoms with E-state index in [-0.39, 0.29) is 19.0 Å². The van der Waals surface area contributed by atoms with Gasteiger partial charge in [-0.1, -0.05) is 70.4 Å². The van der Waals surface area contributed by atoms with Crippen molar-refractivity contribution in [3.05, 3.63) is 12.2 Å². The SMILES string of the molecule is CCCCCCCC/C=C\CCCCCCCC(=O)OCCCC(=O)O. The highest BCUT2D eigenvalue weighted by atomic mass is 16.5. The molecule has 0 fully saturated rings. The van der Waals surface area contributed by atoms with E-state index in [1.54, 1.807) is 0 Å². The Balaban J connectivity index is 3.22. The molecule has 0 unspecified atom stereocenters. The van der Waals surface area contributed by atoms with Gasteiger partial charge < -0.3 is 9.84 Å². The summed E-state index contributed by atoms with van der Waals surface area (Å²) in [6, 6.07) is 0. The Bertz CT molecular complexity index is 363. The van der Waals surface area contributed by atoms with Crippen molar-refractivity contribution in [2.24, 2.45) is 0 Å². The molecule has 0 saturated heterocycles. The molecule has 0 aromatic heterocycles. The Labute approximate surface area is 160 Å². The van der Waals surface area contributed by atoms with Crippen LogP contribution in [0, 0.1) is 0 Å². The molecule has 0 aliphatic heterocycles. The normalized spacial score (nSPS) is 11.1. The highest BCUT2D eigenvalue weighted by Crippen LogP contribution is 2.10. The predicted octanol–water partition coefficient (Wildman–Crippen LogP) is 6.43. The third-order valence-corrected chi connectivity index (χ3v) is 4.44. The fourth-order valence-electron chi connectivity index (χ4n) is 2.82. The number of aliphatic carboxylic acids is 1. The number of carbonyl (C=O) groups excluding carboxylic acids is 1. The average Bonchev–Trinajstić information content (AvgIpc) is 2.62. The highest BCUT2D eigenvalue weighted by Gasteiger charge is 2.03. The van der Waals surface area contributed by atoms with Gasteiger partial charge in [-0.3, -0.25) is 9.59 Å². The number of carboxylic acid groups (broad SMARTS) is 1. The minimum atomic E-state index is -0.849. The van der Waals surface area contributed by atoms with Crippen molar-refractivity contribution in [2.75, 3.05) is 6.61 Å². The zero-order chi connectivity index (χ0) is 19.3. The lowest BCUT2D eigenvalue weighted by molar-refractivity contribution is -0.145. The first-order chi connectivity index (χ1) is 12.7. The molecule has 0 rings (SSSR count). The maximum absolute atomic E-state index is 11.4. The minimum absolute atomic E-state index is 0.0562. The van der Waals surface area contributed by atoms with Gasteiger partial charge in [-0.05, 0) is 38.5 Å². The molecule has 4 nitrogen and oxygen atoms in total. The van der Waals surface area contributed by atoms with Gasteiger partial charge in [0.05, 0.1) is 6.61 Å². The summed E-state index contributed by atoms with van der Waals surface area (Å²) < 4.78 is 5.00. The fourth-order valence-corrected chi connectivity index (χ4v) is 2.82. The maximum atomic E-state index is 11.4. The lowest BCUT2D eigenvalue weighted by Gasteiger charge is -2.04. The summed E-state index contributed by atoms with van der Waals surface area (Å²) >= 11 is 0. The van der Waals surface area contributed by atoms with E-state index in [2.05, 4.69) is 19.1 Å². The first-order valence-electron chi connectivity index (χ1n) is 10.7. The van der Waals surface area contributed by atoms with E-state index in [4.69, 9.17) is 9.84 Å². The van der Waals surface area contributed by atoms with Crippen molar-refractivity contribution in [3.63, 3.8) is 0 Å². The van der Waals surface area contributed by atoms with Crippen LogP contribution >= 0.6 is 0 Å². The largest absolute Gasteiger partial charge is 0.481 e. The van der Waals surface area contributed by atoms with E-state index in [1.807, 2.05) is 0 Å². The summed E-state index contributed by atoms with van der Waals surface area (Å²) in [6.07, 6.45) is 21.7. The van der Waals surface area contributed by atoms with Crippen molar-refractivity contribution in [2.45, 2.75) is 110 Å². The van der Waals surface area contributed by atoms with Gasteiger partial charge in [0.15, 0.2) is 0 Å². The predicted molar refractivity (Wildman–Crippen MR) is 107 cm³/mol. The molecule has 152 valence electrons. The summed E-state index contributed by atoms with van der Waals surface area (Å²) in [7, 11) is 0. The molecule has 1 N–H and O–H groups in total. The Kier molecular flexibility index (Phi) is 19.0. The third-order valence-electron chi connectivity index (χ3n) is 4.44. The van der Waals surface area contributed by atoms with E-state index < -0.39 is 5.97 Å². The summed E-state index contributed by atoms with van der Waals surface area (Å²) in [4.78, 5) is 21.8. The zero-order valence-electron chi connectivity index (χ0n) is 16.8. The van der Waals surface area contributed by atoms with Gasteiger partial charge in [0.1, 0.15) is 0 Å². The molecule has 0 bridgehead atoms. The molecule has 0 radical (unpaired) electrons. The van der Waals surface area contributed by atoms with Crippen LogP contribution in [0.4, 0.5) is 0 Å². The molecule has 0 aliphatic rings. The molecule has 26 heavy (non-hydrogen) atoms. The topological polar surface area (TPSA) is 63.6 Å². The van der Waals surface area contributed by atoms with Gasteiger partial charge in [0, 0.05) is 12.8 Å². The standard InChI is InChI=1S/C22H40O4/c1-2-3-4-5-6-7-8-9-10-11-12-13-14-15-16-19-22(25)26-20-17-18-21(23)24/h9-10H,2-8,11-20H2,1H3,(H,23,24)/b10-9-. The van der Waals surface area contributed by atoms with E-state index in [0.717, 1.165) is 19.3 Å². The van der Waals surface area contributed by atoms with Crippen molar-refractivity contribution >= 4 is 11.9 Å². The third kappa shape index (κ3) is 20.7.